The number of nitrogens with one attached hydrogen (secondary N) is 1. The fourth-order valence-corrected chi connectivity index (χ4v) is 3.06. The minimum atomic E-state index is -0.739. The van der Waals surface area contributed by atoms with Crippen molar-refractivity contribution in [3.05, 3.63) is 35.9 Å². The van der Waals surface area contributed by atoms with Gasteiger partial charge in [-0.15, -0.1) is 0 Å². The zero-order valence-corrected chi connectivity index (χ0v) is 12.4. The van der Waals surface area contributed by atoms with E-state index in [-0.39, 0.29) is 5.91 Å². The summed E-state index contributed by atoms with van der Waals surface area (Å²) >= 11 is 1.77. The number of benzene rings is 1. The number of hydrogen-bond acceptors (Lipinski definition) is 3. The summed E-state index contributed by atoms with van der Waals surface area (Å²) in [5.41, 5.74) is 5.99. The topological polar surface area (TPSA) is 55.1 Å². The normalized spacial score (nSPS) is 18.3. The van der Waals surface area contributed by atoms with Gasteiger partial charge < -0.3 is 5.73 Å². The fraction of sp³-hybridized carbons (Fsp3) is 0.533. The predicted molar refractivity (Wildman–Crippen MR) is 81.1 cm³/mol. The molecule has 1 unspecified atom stereocenters. The number of rotatable bonds is 7. The molecule has 1 saturated carbocycles. The maximum atomic E-state index is 12.1. The van der Waals surface area contributed by atoms with Crippen molar-refractivity contribution in [1.82, 2.24) is 5.32 Å². The molecule has 0 bridgehead atoms. The molecular formula is C15H22N2OS. The van der Waals surface area contributed by atoms with Gasteiger partial charge in [-0.2, -0.15) is 11.8 Å². The molecule has 0 saturated heterocycles. The number of carbonyl (C=O) groups excluding carboxylic acids is 1. The Bertz CT molecular complexity index is 431. The van der Waals surface area contributed by atoms with Crippen LogP contribution in [0.3, 0.4) is 0 Å². The summed E-state index contributed by atoms with van der Waals surface area (Å²) in [4.78, 5) is 12.1. The summed E-state index contributed by atoms with van der Waals surface area (Å²) in [6.07, 6.45) is 2.27. The summed E-state index contributed by atoms with van der Waals surface area (Å²) in [5.74, 6) is 0.402. The maximum Gasteiger partial charge on any atom is 0.243 e. The molecule has 2 rings (SSSR count). The minimum absolute atomic E-state index is 0.279. The third-order valence-corrected chi connectivity index (χ3v) is 4.61. The lowest BCUT2D eigenvalue weighted by molar-refractivity contribution is -0.124. The number of nitrogens with two attached hydrogens (primary N) is 1. The van der Waals surface area contributed by atoms with Crippen LogP contribution in [0.15, 0.2) is 30.3 Å². The molecule has 3 N–H and O–H groups in total. The Kier molecular flexibility index (Phi) is 4.53. The number of primary amides is 1. The van der Waals surface area contributed by atoms with Gasteiger partial charge in [0.25, 0.3) is 0 Å². The standard InChI is InChI=1S/C15H22N2OS/c1-11(2)19-10-15(14(16)18,17-13-8-9-13)12-6-4-3-5-7-12/h3-7,11,13,17H,8-10H2,1-2H3,(H2,16,18). The van der Waals surface area contributed by atoms with E-state index in [1.165, 1.54) is 0 Å². The molecule has 0 heterocycles. The first-order chi connectivity index (χ1) is 9.04. The molecule has 1 amide bonds. The molecule has 0 aromatic heterocycles. The van der Waals surface area contributed by atoms with Gasteiger partial charge in [-0.25, -0.2) is 0 Å². The highest BCUT2D eigenvalue weighted by Gasteiger charge is 2.42. The Morgan fingerprint density at radius 3 is 2.53 bits per heavy atom. The van der Waals surface area contributed by atoms with E-state index >= 15 is 0 Å². The molecule has 0 spiro atoms. The largest absolute Gasteiger partial charge is 0.368 e. The van der Waals surface area contributed by atoms with E-state index in [4.69, 9.17) is 5.73 Å². The number of amides is 1. The van der Waals surface area contributed by atoms with Gasteiger partial charge in [-0.05, 0) is 23.7 Å². The SMILES string of the molecule is CC(C)SCC(NC1CC1)(C(N)=O)c1ccccc1. The van der Waals surface area contributed by atoms with Gasteiger partial charge in [0.2, 0.25) is 5.91 Å². The van der Waals surface area contributed by atoms with E-state index in [2.05, 4.69) is 19.2 Å². The summed E-state index contributed by atoms with van der Waals surface area (Å²) in [6.45, 7) is 4.27. The molecule has 1 aliphatic rings. The zero-order valence-electron chi connectivity index (χ0n) is 11.6. The lowest BCUT2D eigenvalue weighted by Gasteiger charge is -2.33. The number of carbonyl (C=O) groups is 1. The monoisotopic (exact) mass is 278 g/mol. The Morgan fingerprint density at radius 1 is 1.42 bits per heavy atom. The molecule has 1 atom stereocenters. The van der Waals surface area contributed by atoms with Crippen LogP contribution < -0.4 is 11.1 Å². The van der Waals surface area contributed by atoms with Crippen LogP contribution in [0.1, 0.15) is 32.3 Å². The van der Waals surface area contributed by atoms with Crippen LogP contribution in [0.2, 0.25) is 0 Å². The lowest BCUT2D eigenvalue weighted by Crippen LogP contribution is -2.55. The first-order valence-corrected chi connectivity index (χ1v) is 7.84. The first kappa shape index (κ1) is 14.4. The predicted octanol–water partition coefficient (Wildman–Crippen LogP) is 2.26. The number of hydrogen-bond donors (Lipinski definition) is 2. The molecule has 4 heteroatoms. The maximum absolute atomic E-state index is 12.1. The van der Waals surface area contributed by atoms with Crippen LogP contribution in [0.25, 0.3) is 0 Å². The molecule has 0 radical (unpaired) electrons. The van der Waals surface area contributed by atoms with E-state index in [0.717, 1.165) is 18.4 Å². The van der Waals surface area contributed by atoms with Gasteiger partial charge in [0, 0.05) is 11.8 Å². The molecule has 1 aliphatic carbocycles. The van der Waals surface area contributed by atoms with Gasteiger partial charge in [-0.3, -0.25) is 10.1 Å². The zero-order chi connectivity index (χ0) is 13.9. The van der Waals surface area contributed by atoms with E-state index in [9.17, 15) is 4.79 Å². The highest BCUT2D eigenvalue weighted by Crippen LogP contribution is 2.32. The van der Waals surface area contributed by atoms with Crippen LogP contribution in [-0.2, 0) is 10.3 Å². The van der Waals surface area contributed by atoms with Crippen molar-refractivity contribution in [2.75, 3.05) is 5.75 Å². The van der Waals surface area contributed by atoms with Crippen molar-refractivity contribution in [2.24, 2.45) is 5.73 Å². The van der Waals surface area contributed by atoms with Crippen molar-refractivity contribution in [3.8, 4) is 0 Å². The van der Waals surface area contributed by atoms with Gasteiger partial charge in [0.15, 0.2) is 0 Å². The third kappa shape index (κ3) is 3.51. The quantitative estimate of drug-likeness (QED) is 0.804. The highest BCUT2D eigenvalue weighted by atomic mass is 32.2. The van der Waals surface area contributed by atoms with Crippen molar-refractivity contribution >= 4 is 17.7 Å². The van der Waals surface area contributed by atoms with Crippen molar-refractivity contribution in [1.29, 1.82) is 0 Å². The second-order valence-electron chi connectivity index (χ2n) is 5.41. The molecule has 104 valence electrons. The summed E-state index contributed by atoms with van der Waals surface area (Å²) in [7, 11) is 0. The highest BCUT2D eigenvalue weighted by molar-refractivity contribution is 7.99. The van der Waals surface area contributed by atoms with Crippen LogP contribution in [0, 0.1) is 0 Å². The Hall–Kier alpha value is -1.00. The fourth-order valence-electron chi connectivity index (χ4n) is 2.08. The van der Waals surface area contributed by atoms with Crippen molar-refractivity contribution < 1.29 is 4.79 Å². The van der Waals surface area contributed by atoms with Gasteiger partial charge >= 0.3 is 0 Å². The smallest absolute Gasteiger partial charge is 0.243 e. The third-order valence-electron chi connectivity index (χ3n) is 3.35. The van der Waals surface area contributed by atoms with Crippen LogP contribution in [0.5, 0.6) is 0 Å². The molecule has 0 aliphatic heterocycles. The Labute approximate surface area is 119 Å². The molecule has 1 fully saturated rings. The van der Waals surface area contributed by atoms with Crippen molar-refractivity contribution in [3.63, 3.8) is 0 Å². The van der Waals surface area contributed by atoms with Crippen LogP contribution in [-0.4, -0.2) is 23.0 Å². The second kappa shape index (κ2) is 5.97. The summed E-state index contributed by atoms with van der Waals surface area (Å²) in [6, 6.07) is 10.3. The average Bonchev–Trinajstić information content (AvgIpc) is 3.19. The molecular weight excluding hydrogens is 256 g/mol. The molecule has 19 heavy (non-hydrogen) atoms. The average molecular weight is 278 g/mol. The molecule has 1 aromatic carbocycles. The number of thioether (sulfide) groups is 1. The first-order valence-electron chi connectivity index (χ1n) is 6.79. The van der Waals surface area contributed by atoms with E-state index in [1.54, 1.807) is 11.8 Å². The minimum Gasteiger partial charge on any atom is -0.368 e. The Morgan fingerprint density at radius 2 is 2.05 bits per heavy atom. The van der Waals surface area contributed by atoms with Crippen LogP contribution >= 0.6 is 11.8 Å². The van der Waals surface area contributed by atoms with Gasteiger partial charge in [0.05, 0.1) is 0 Å². The summed E-state index contributed by atoms with van der Waals surface area (Å²) < 4.78 is 0. The Balaban J connectivity index is 2.30. The van der Waals surface area contributed by atoms with Gasteiger partial charge in [0.1, 0.15) is 5.54 Å². The summed E-state index contributed by atoms with van der Waals surface area (Å²) in [5, 5.41) is 3.96. The molecule has 3 nitrogen and oxygen atoms in total. The lowest BCUT2D eigenvalue weighted by atomic mass is 9.91. The second-order valence-corrected chi connectivity index (χ2v) is 6.98. The van der Waals surface area contributed by atoms with E-state index in [1.807, 2.05) is 30.3 Å². The van der Waals surface area contributed by atoms with Crippen LogP contribution in [0.4, 0.5) is 0 Å². The van der Waals surface area contributed by atoms with E-state index in [0.29, 0.717) is 17.0 Å². The van der Waals surface area contributed by atoms with E-state index < -0.39 is 5.54 Å². The van der Waals surface area contributed by atoms with Gasteiger partial charge in [-0.1, -0.05) is 44.2 Å². The molecule has 1 aromatic rings. The van der Waals surface area contributed by atoms with Crippen molar-refractivity contribution in [2.45, 2.75) is 43.5 Å².